The third kappa shape index (κ3) is 3.54. The number of carbonyl (C=O) groups excluding carboxylic acids is 1. The molecule has 0 saturated carbocycles. The van der Waals surface area contributed by atoms with E-state index in [0.29, 0.717) is 28.7 Å². The van der Waals surface area contributed by atoms with Crippen LogP contribution in [0.4, 0.5) is 0 Å². The van der Waals surface area contributed by atoms with Crippen LogP contribution in [0.3, 0.4) is 0 Å². The molecule has 1 aromatic carbocycles. The smallest absolute Gasteiger partial charge is 0.210 e. The maximum atomic E-state index is 12.6. The van der Waals surface area contributed by atoms with E-state index in [1.54, 1.807) is 43.3 Å². The van der Waals surface area contributed by atoms with Crippen LogP contribution in [0.1, 0.15) is 15.9 Å². The minimum atomic E-state index is 0.0112. The maximum absolute atomic E-state index is 12.6. The number of thioether (sulfide) groups is 1. The van der Waals surface area contributed by atoms with Crippen LogP contribution in [-0.4, -0.2) is 33.3 Å². The van der Waals surface area contributed by atoms with Gasteiger partial charge in [0.15, 0.2) is 5.78 Å². The Morgan fingerprint density at radius 2 is 1.79 bits per heavy atom. The van der Waals surface area contributed by atoms with Crippen molar-refractivity contribution in [1.29, 1.82) is 0 Å². The summed E-state index contributed by atoms with van der Waals surface area (Å²) >= 11 is 1.25. The van der Waals surface area contributed by atoms with Crippen LogP contribution < -0.4 is 4.74 Å². The van der Waals surface area contributed by atoms with Gasteiger partial charge >= 0.3 is 0 Å². The van der Waals surface area contributed by atoms with Gasteiger partial charge < -0.3 is 13.6 Å². The zero-order chi connectivity index (χ0) is 19.6. The number of rotatable bonds is 6. The number of benzene rings is 1. The summed E-state index contributed by atoms with van der Waals surface area (Å²) < 4.78 is 15.8. The summed E-state index contributed by atoms with van der Waals surface area (Å²) in [6, 6.07) is 9.16. The molecule has 3 aromatic heterocycles. The number of Topliss-reactive ketones (excluding diaryl/α,β-unsaturated/α-hetero) is 1. The van der Waals surface area contributed by atoms with Crippen molar-refractivity contribution in [2.75, 3.05) is 12.4 Å². The number of nitrogens with zero attached hydrogens (tertiary/aromatic N) is 3. The Balaban J connectivity index is 1.38. The van der Waals surface area contributed by atoms with E-state index in [0.717, 1.165) is 28.9 Å². The summed E-state index contributed by atoms with van der Waals surface area (Å²) in [6.45, 7) is 0.668. The van der Waals surface area contributed by atoms with Gasteiger partial charge in [-0.1, -0.05) is 11.8 Å². The Morgan fingerprint density at radius 1 is 1.00 bits per heavy atom. The van der Waals surface area contributed by atoms with E-state index in [1.807, 2.05) is 12.1 Å². The summed E-state index contributed by atoms with van der Waals surface area (Å²) in [4.78, 5) is 17.2. The van der Waals surface area contributed by atoms with Crippen LogP contribution in [0.2, 0.25) is 0 Å². The highest BCUT2D eigenvalue weighted by molar-refractivity contribution is 7.99. The van der Waals surface area contributed by atoms with Crippen LogP contribution in [0.25, 0.3) is 22.5 Å². The molecule has 0 fully saturated rings. The molecule has 0 amide bonds. The molecule has 0 bridgehead atoms. The summed E-state index contributed by atoms with van der Waals surface area (Å²) in [5, 5.41) is 8.92. The van der Waals surface area contributed by atoms with Crippen molar-refractivity contribution in [3.63, 3.8) is 0 Å². The lowest BCUT2D eigenvalue weighted by atomic mass is 10.1. The first-order chi connectivity index (χ1) is 14.3. The molecule has 7 nitrogen and oxygen atoms in total. The zero-order valence-corrected chi connectivity index (χ0v) is 16.0. The first-order valence-electron chi connectivity index (χ1n) is 8.99. The highest BCUT2D eigenvalue weighted by Gasteiger charge is 2.18. The second kappa shape index (κ2) is 7.56. The third-order valence-electron chi connectivity index (χ3n) is 4.60. The average molecular weight is 405 g/mol. The number of hydrogen-bond donors (Lipinski definition) is 0. The summed E-state index contributed by atoms with van der Waals surface area (Å²) in [5.41, 5.74) is 4.51. The molecule has 0 radical (unpaired) electrons. The van der Waals surface area contributed by atoms with Gasteiger partial charge in [0.2, 0.25) is 5.16 Å². The van der Waals surface area contributed by atoms with Crippen LogP contribution >= 0.6 is 11.8 Å². The number of carbonyl (C=O) groups is 1. The highest BCUT2D eigenvalue weighted by Crippen LogP contribution is 2.31. The van der Waals surface area contributed by atoms with Crippen molar-refractivity contribution in [3.8, 4) is 28.3 Å². The normalized spacial score (nSPS) is 12.6. The highest BCUT2D eigenvalue weighted by atomic mass is 32.2. The molecular formula is C21H15N3O4S. The number of ether oxygens (including phenoxy) is 1. The molecule has 0 saturated heterocycles. The van der Waals surface area contributed by atoms with E-state index in [9.17, 15) is 4.79 Å². The van der Waals surface area contributed by atoms with E-state index in [2.05, 4.69) is 15.2 Å². The van der Waals surface area contributed by atoms with Crippen LogP contribution in [0.15, 0.2) is 69.4 Å². The van der Waals surface area contributed by atoms with Crippen molar-refractivity contribution in [2.24, 2.45) is 0 Å². The molecule has 5 rings (SSSR count). The van der Waals surface area contributed by atoms with Gasteiger partial charge in [0.1, 0.15) is 17.1 Å². The number of fused-ring (bicyclic) bond motifs is 1. The van der Waals surface area contributed by atoms with Crippen molar-refractivity contribution < 1.29 is 18.4 Å². The molecule has 0 aliphatic carbocycles. The number of ketones is 1. The number of hydrogen-bond acceptors (Lipinski definition) is 8. The molecule has 4 heterocycles. The molecule has 4 aromatic rings. The van der Waals surface area contributed by atoms with Gasteiger partial charge in [-0.3, -0.25) is 4.79 Å². The van der Waals surface area contributed by atoms with Crippen molar-refractivity contribution >= 4 is 17.5 Å². The van der Waals surface area contributed by atoms with Crippen molar-refractivity contribution in [1.82, 2.24) is 15.2 Å². The topological polar surface area (TPSA) is 91.2 Å². The van der Waals surface area contributed by atoms with Crippen LogP contribution in [0, 0.1) is 0 Å². The standard InChI is InChI=1S/C21H15N3O4S/c25-17(13-1-2-18-14(9-13)5-8-28-18)12-29-21-22-19(15-3-6-26-10-15)20(23-24-21)16-4-7-27-11-16/h1-4,6-7,9-11H,5,8,12H2. The second-order valence-corrected chi connectivity index (χ2v) is 7.39. The lowest BCUT2D eigenvalue weighted by molar-refractivity contribution is 0.102. The number of furan rings is 2. The van der Waals surface area contributed by atoms with Gasteiger partial charge in [0.05, 0.1) is 37.4 Å². The minimum Gasteiger partial charge on any atom is -0.493 e. The summed E-state index contributed by atoms with van der Waals surface area (Å²) in [5.74, 6) is 1.09. The van der Waals surface area contributed by atoms with Gasteiger partial charge in [0.25, 0.3) is 0 Å². The van der Waals surface area contributed by atoms with Gasteiger partial charge in [-0.05, 0) is 35.9 Å². The minimum absolute atomic E-state index is 0.0112. The van der Waals surface area contributed by atoms with Gasteiger partial charge in [0, 0.05) is 23.1 Å². The molecule has 0 spiro atoms. The molecule has 1 aliphatic rings. The predicted octanol–water partition coefficient (Wildman–Crippen LogP) is 4.30. The SMILES string of the molecule is O=C(CSc1nnc(-c2ccoc2)c(-c2ccoc2)n1)c1ccc2c(c1)CCO2. The molecule has 144 valence electrons. The van der Waals surface area contributed by atoms with E-state index in [-0.39, 0.29) is 11.5 Å². The summed E-state index contributed by atoms with van der Waals surface area (Å²) in [6.07, 6.45) is 7.16. The molecule has 0 N–H and O–H groups in total. The Hall–Kier alpha value is -3.39. The monoisotopic (exact) mass is 405 g/mol. The molecule has 1 aliphatic heterocycles. The zero-order valence-electron chi connectivity index (χ0n) is 15.2. The Bertz CT molecular complexity index is 1160. The third-order valence-corrected chi connectivity index (χ3v) is 5.44. The van der Waals surface area contributed by atoms with Crippen molar-refractivity contribution in [3.05, 3.63) is 66.5 Å². The first-order valence-corrected chi connectivity index (χ1v) is 9.98. The average Bonchev–Trinajstić information content (AvgIpc) is 3.53. The Kier molecular flexibility index (Phi) is 4.61. The quantitative estimate of drug-likeness (QED) is 0.346. The maximum Gasteiger partial charge on any atom is 0.210 e. The van der Waals surface area contributed by atoms with Gasteiger partial charge in [-0.2, -0.15) is 0 Å². The number of aromatic nitrogens is 3. The molecule has 0 atom stereocenters. The fourth-order valence-corrected chi connectivity index (χ4v) is 3.82. The fourth-order valence-electron chi connectivity index (χ4n) is 3.14. The van der Waals surface area contributed by atoms with E-state index >= 15 is 0 Å². The lowest BCUT2D eigenvalue weighted by Crippen LogP contribution is -2.05. The fraction of sp³-hybridized carbons (Fsp3) is 0.143. The van der Waals surface area contributed by atoms with E-state index < -0.39 is 0 Å². The van der Waals surface area contributed by atoms with Gasteiger partial charge in [-0.15, -0.1) is 10.2 Å². The van der Waals surface area contributed by atoms with Crippen molar-refractivity contribution in [2.45, 2.75) is 11.6 Å². The second-order valence-electron chi connectivity index (χ2n) is 6.45. The molecule has 8 heteroatoms. The van der Waals surface area contributed by atoms with E-state index in [4.69, 9.17) is 13.6 Å². The molecule has 29 heavy (non-hydrogen) atoms. The first kappa shape index (κ1) is 17.7. The molecule has 0 unspecified atom stereocenters. The van der Waals surface area contributed by atoms with Crippen LogP contribution in [-0.2, 0) is 6.42 Å². The van der Waals surface area contributed by atoms with E-state index in [1.165, 1.54) is 11.8 Å². The van der Waals surface area contributed by atoms with Crippen LogP contribution in [0.5, 0.6) is 5.75 Å². The summed E-state index contributed by atoms with van der Waals surface area (Å²) in [7, 11) is 0. The Morgan fingerprint density at radius 3 is 2.55 bits per heavy atom. The lowest BCUT2D eigenvalue weighted by Gasteiger charge is -2.06. The van der Waals surface area contributed by atoms with Gasteiger partial charge in [-0.25, -0.2) is 4.98 Å². The Labute approximate surface area is 170 Å². The molecular weight excluding hydrogens is 390 g/mol. The predicted molar refractivity (Wildman–Crippen MR) is 106 cm³/mol. The largest absolute Gasteiger partial charge is 0.493 e.